The Balaban J connectivity index is 2.43. The van der Waals surface area contributed by atoms with Gasteiger partial charge in [-0.1, -0.05) is 6.42 Å². The van der Waals surface area contributed by atoms with Crippen LogP contribution in [0.4, 0.5) is 13.2 Å². The van der Waals surface area contributed by atoms with Gasteiger partial charge in [-0.3, -0.25) is 4.79 Å². The van der Waals surface area contributed by atoms with E-state index in [2.05, 4.69) is 0 Å². The summed E-state index contributed by atoms with van der Waals surface area (Å²) in [6.07, 6.45) is -2.17. The molecule has 0 saturated heterocycles. The maximum atomic E-state index is 12.2. The van der Waals surface area contributed by atoms with Gasteiger partial charge in [-0.15, -0.1) is 0 Å². The summed E-state index contributed by atoms with van der Waals surface area (Å²) in [6.45, 7) is -0.609. The van der Waals surface area contributed by atoms with Crippen molar-refractivity contribution in [3.05, 3.63) is 0 Å². The number of amides is 1. The highest BCUT2D eigenvalue weighted by Crippen LogP contribution is 2.27. The first kappa shape index (κ1) is 11.3. The Hall–Kier alpha value is -0.780. The van der Waals surface area contributed by atoms with Crippen molar-refractivity contribution in [1.29, 1.82) is 0 Å². The molecule has 3 N–H and O–H groups in total. The Morgan fingerprint density at radius 1 is 1.50 bits per heavy atom. The fourth-order valence-corrected chi connectivity index (χ4v) is 1.23. The Morgan fingerprint density at radius 3 is 2.36 bits per heavy atom. The molecule has 1 atom stereocenters. The fraction of sp³-hybridized carbons (Fsp3) is 0.875. The molecule has 1 rings (SSSR count). The number of nitrogens with two attached hydrogens (primary N) is 1. The minimum atomic E-state index is -4.45. The van der Waals surface area contributed by atoms with E-state index in [-0.39, 0.29) is 5.92 Å². The second-order valence-corrected chi connectivity index (χ2v) is 3.47. The molecular weight excluding hydrogens is 197 g/mol. The SMILES string of the molecule is NCC(NC(=O)C1CCC1)C(F)(F)F. The lowest BCUT2D eigenvalue weighted by Gasteiger charge is -2.27. The van der Waals surface area contributed by atoms with Crippen LogP contribution in [0.3, 0.4) is 0 Å². The number of nitrogens with one attached hydrogen (secondary N) is 1. The summed E-state index contributed by atoms with van der Waals surface area (Å²) in [5.41, 5.74) is 4.93. The van der Waals surface area contributed by atoms with E-state index in [9.17, 15) is 18.0 Å². The number of carbonyl (C=O) groups is 1. The zero-order chi connectivity index (χ0) is 10.8. The lowest BCUT2D eigenvalue weighted by atomic mass is 9.84. The number of rotatable bonds is 3. The molecule has 14 heavy (non-hydrogen) atoms. The van der Waals surface area contributed by atoms with Crippen LogP contribution < -0.4 is 11.1 Å². The molecule has 1 fully saturated rings. The van der Waals surface area contributed by atoms with Gasteiger partial charge in [0, 0.05) is 12.5 Å². The average Bonchev–Trinajstić information content (AvgIpc) is 1.94. The molecule has 1 unspecified atom stereocenters. The van der Waals surface area contributed by atoms with E-state index in [0.29, 0.717) is 12.8 Å². The quantitative estimate of drug-likeness (QED) is 0.723. The molecule has 6 heteroatoms. The second kappa shape index (κ2) is 4.16. The molecule has 1 amide bonds. The number of alkyl halides is 3. The Morgan fingerprint density at radius 2 is 2.07 bits per heavy atom. The van der Waals surface area contributed by atoms with Gasteiger partial charge in [0.1, 0.15) is 6.04 Å². The van der Waals surface area contributed by atoms with Gasteiger partial charge in [0.05, 0.1) is 0 Å². The Labute approximate surface area is 79.8 Å². The van der Waals surface area contributed by atoms with Crippen LogP contribution in [0, 0.1) is 5.92 Å². The van der Waals surface area contributed by atoms with Crippen molar-refractivity contribution in [1.82, 2.24) is 5.32 Å². The van der Waals surface area contributed by atoms with E-state index in [1.807, 2.05) is 5.32 Å². The van der Waals surface area contributed by atoms with Crippen LogP contribution in [0.5, 0.6) is 0 Å². The van der Waals surface area contributed by atoms with Gasteiger partial charge in [0.15, 0.2) is 0 Å². The summed E-state index contributed by atoms with van der Waals surface area (Å²) in [4.78, 5) is 11.2. The van der Waals surface area contributed by atoms with Crippen molar-refractivity contribution in [2.45, 2.75) is 31.5 Å². The monoisotopic (exact) mass is 210 g/mol. The molecule has 0 aromatic carbocycles. The highest BCUT2D eigenvalue weighted by molar-refractivity contribution is 5.79. The van der Waals surface area contributed by atoms with Crippen molar-refractivity contribution < 1.29 is 18.0 Å². The molecule has 0 bridgehead atoms. The summed E-state index contributed by atoms with van der Waals surface area (Å²) < 4.78 is 36.5. The van der Waals surface area contributed by atoms with Crippen molar-refractivity contribution in [3.63, 3.8) is 0 Å². The van der Waals surface area contributed by atoms with Crippen molar-refractivity contribution in [3.8, 4) is 0 Å². The van der Waals surface area contributed by atoms with Crippen LogP contribution in [0.2, 0.25) is 0 Å². The van der Waals surface area contributed by atoms with E-state index >= 15 is 0 Å². The molecule has 0 heterocycles. The van der Waals surface area contributed by atoms with Crippen molar-refractivity contribution in [2.75, 3.05) is 6.54 Å². The minimum absolute atomic E-state index is 0.244. The van der Waals surface area contributed by atoms with Gasteiger partial charge in [-0.05, 0) is 12.8 Å². The van der Waals surface area contributed by atoms with Crippen LogP contribution in [0.15, 0.2) is 0 Å². The van der Waals surface area contributed by atoms with Gasteiger partial charge in [-0.25, -0.2) is 0 Å². The van der Waals surface area contributed by atoms with Crippen LogP contribution >= 0.6 is 0 Å². The molecule has 0 spiro atoms. The number of halogens is 3. The molecule has 0 radical (unpaired) electrons. The van der Waals surface area contributed by atoms with Crippen molar-refractivity contribution >= 4 is 5.91 Å². The first-order chi connectivity index (χ1) is 6.45. The Bertz CT molecular complexity index is 213. The Kier molecular flexibility index (Phi) is 3.36. The summed E-state index contributed by atoms with van der Waals surface area (Å²) in [5, 5.41) is 1.92. The van der Waals surface area contributed by atoms with Crippen LogP contribution in [0.25, 0.3) is 0 Å². The van der Waals surface area contributed by atoms with Crippen LogP contribution in [-0.2, 0) is 4.79 Å². The first-order valence-corrected chi connectivity index (χ1v) is 4.52. The van der Waals surface area contributed by atoms with Crippen LogP contribution in [0.1, 0.15) is 19.3 Å². The van der Waals surface area contributed by atoms with Crippen LogP contribution in [-0.4, -0.2) is 24.7 Å². The molecular formula is C8H13F3N2O. The van der Waals surface area contributed by atoms with Gasteiger partial charge in [0.25, 0.3) is 0 Å². The normalized spacial score (nSPS) is 20.0. The van der Waals surface area contributed by atoms with Gasteiger partial charge < -0.3 is 11.1 Å². The summed E-state index contributed by atoms with van der Waals surface area (Å²) >= 11 is 0. The first-order valence-electron chi connectivity index (χ1n) is 4.52. The zero-order valence-corrected chi connectivity index (χ0v) is 7.60. The summed E-state index contributed by atoms with van der Waals surface area (Å²) in [6, 6.07) is -1.91. The average molecular weight is 210 g/mol. The minimum Gasteiger partial charge on any atom is -0.343 e. The standard InChI is InChI=1S/C8H13F3N2O/c9-8(10,11)6(4-12)13-7(14)5-2-1-3-5/h5-6H,1-4,12H2,(H,13,14). The molecule has 1 saturated carbocycles. The third-order valence-electron chi connectivity index (χ3n) is 2.42. The third kappa shape index (κ3) is 2.60. The van der Waals surface area contributed by atoms with Gasteiger partial charge in [-0.2, -0.15) is 13.2 Å². The van der Waals surface area contributed by atoms with E-state index < -0.39 is 24.7 Å². The molecule has 0 aromatic heterocycles. The number of carbonyl (C=O) groups excluding carboxylic acids is 1. The lowest BCUT2D eigenvalue weighted by Crippen LogP contribution is -2.52. The van der Waals surface area contributed by atoms with Crippen molar-refractivity contribution in [2.24, 2.45) is 11.7 Å². The van der Waals surface area contributed by atoms with E-state index in [1.165, 1.54) is 0 Å². The highest BCUT2D eigenvalue weighted by atomic mass is 19.4. The predicted molar refractivity (Wildman–Crippen MR) is 44.4 cm³/mol. The summed E-state index contributed by atoms with van der Waals surface area (Å²) in [5.74, 6) is -0.768. The maximum absolute atomic E-state index is 12.2. The lowest BCUT2D eigenvalue weighted by molar-refractivity contribution is -0.161. The molecule has 1 aliphatic carbocycles. The fourth-order valence-electron chi connectivity index (χ4n) is 1.23. The molecule has 1 aliphatic rings. The summed E-state index contributed by atoms with van der Waals surface area (Å²) in [7, 11) is 0. The number of hydrogen-bond acceptors (Lipinski definition) is 2. The number of hydrogen-bond donors (Lipinski definition) is 2. The predicted octanol–water partition coefficient (Wildman–Crippen LogP) is 0.792. The smallest absolute Gasteiger partial charge is 0.343 e. The zero-order valence-electron chi connectivity index (χ0n) is 7.60. The van der Waals surface area contributed by atoms with E-state index in [4.69, 9.17) is 5.73 Å². The third-order valence-corrected chi connectivity index (χ3v) is 2.42. The molecule has 3 nitrogen and oxygen atoms in total. The van der Waals surface area contributed by atoms with Gasteiger partial charge >= 0.3 is 6.18 Å². The largest absolute Gasteiger partial charge is 0.409 e. The highest BCUT2D eigenvalue weighted by Gasteiger charge is 2.41. The molecule has 0 aromatic rings. The molecule has 0 aliphatic heterocycles. The molecule has 82 valence electrons. The second-order valence-electron chi connectivity index (χ2n) is 3.47. The maximum Gasteiger partial charge on any atom is 0.409 e. The van der Waals surface area contributed by atoms with Gasteiger partial charge in [0.2, 0.25) is 5.91 Å². The topological polar surface area (TPSA) is 55.1 Å². The van der Waals surface area contributed by atoms with E-state index in [0.717, 1.165) is 6.42 Å². The van der Waals surface area contributed by atoms with E-state index in [1.54, 1.807) is 0 Å².